The number of carboxylic acids is 1. The number of esters is 1. The maximum atomic E-state index is 12.2. The summed E-state index contributed by atoms with van der Waals surface area (Å²) in [5.41, 5.74) is 0. The molecule has 12 heteroatoms. The maximum absolute atomic E-state index is 12.2. The van der Waals surface area contributed by atoms with Crippen molar-refractivity contribution in [2.24, 2.45) is 0 Å². The average Bonchev–Trinajstić information content (AvgIpc) is 3.13. The summed E-state index contributed by atoms with van der Waals surface area (Å²) in [6.45, 7) is 2.58. The Morgan fingerprint density at radius 3 is 1.43 bits per heavy atom. The minimum atomic E-state index is -4.75. The lowest BCUT2D eigenvalue weighted by Crippen LogP contribution is -2.43. The quantitative estimate of drug-likeness (QED) is 0.0203. The van der Waals surface area contributed by atoms with E-state index in [2.05, 4.69) is 31.3 Å². The molecule has 0 aliphatic rings. The van der Waals surface area contributed by atoms with Crippen LogP contribution in [-0.2, 0) is 32.7 Å². The fourth-order valence-corrected chi connectivity index (χ4v) is 6.73. The third-order valence-corrected chi connectivity index (χ3v) is 10.3. The second kappa shape index (κ2) is 37.2. The number of carbonyl (C=O) groups excluding carboxylic acids is 2. The van der Waals surface area contributed by atoms with Crippen molar-refractivity contribution in [2.45, 2.75) is 212 Å². The van der Waals surface area contributed by atoms with Gasteiger partial charge in [-0.3, -0.25) is 18.6 Å². The molecule has 0 rings (SSSR count). The Bertz CT molecular complexity index is 963. The van der Waals surface area contributed by atoms with E-state index in [1.807, 2.05) is 0 Å². The zero-order chi connectivity index (χ0) is 39.3. The lowest BCUT2D eigenvalue weighted by atomic mass is 10.1. The Morgan fingerprint density at radius 2 is 0.981 bits per heavy atom. The minimum Gasteiger partial charge on any atom is -0.480 e. The Balaban J connectivity index is 3.87. The standard InChI is InChI=1S/C41H78NO10P/c1-3-5-7-9-11-13-15-16-17-18-19-20-21-23-25-27-29-31-33-40(45)50-34-37(43)35-51-53(48,49)52-36-38(41(46)47)42-39(44)32-30-28-26-24-22-14-12-10-8-6-4-2/h17-18,37-38,43H,3-16,19-36H2,1-2H3,(H,42,44)(H,46,47)(H,48,49)/b18-17-. The zero-order valence-corrected chi connectivity index (χ0v) is 34.5. The molecular weight excluding hydrogens is 697 g/mol. The van der Waals surface area contributed by atoms with E-state index in [4.69, 9.17) is 13.8 Å². The molecule has 0 aliphatic carbocycles. The van der Waals surface area contributed by atoms with Crippen LogP contribution in [0, 0.1) is 0 Å². The lowest BCUT2D eigenvalue weighted by Gasteiger charge is -2.18. The molecule has 0 radical (unpaired) electrons. The van der Waals surface area contributed by atoms with E-state index in [0.29, 0.717) is 12.8 Å². The number of hydrogen-bond donors (Lipinski definition) is 4. The topological polar surface area (TPSA) is 169 Å². The second-order valence-electron chi connectivity index (χ2n) is 14.5. The molecule has 0 fully saturated rings. The number of phosphoric ester groups is 1. The molecule has 0 bridgehead atoms. The molecule has 0 saturated carbocycles. The predicted molar refractivity (Wildman–Crippen MR) is 213 cm³/mol. The van der Waals surface area contributed by atoms with Crippen molar-refractivity contribution in [1.29, 1.82) is 0 Å². The van der Waals surface area contributed by atoms with Gasteiger partial charge < -0.3 is 25.2 Å². The summed E-state index contributed by atoms with van der Waals surface area (Å²) in [4.78, 5) is 45.8. The molecule has 3 atom stereocenters. The summed E-state index contributed by atoms with van der Waals surface area (Å²) in [6.07, 6.45) is 35.3. The first-order chi connectivity index (χ1) is 25.6. The van der Waals surface area contributed by atoms with Crippen molar-refractivity contribution in [2.75, 3.05) is 19.8 Å². The first-order valence-corrected chi connectivity index (χ1v) is 22.7. The Kier molecular flexibility index (Phi) is 35.9. The largest absolute Gasteiger partial charge is 0.480 e. The number of nitrogens with one attached hydrogen (secondary N) is 1. The molecule has 11 nitrogen and oxygen atoms in total. The van der Waals surface area contributed by atoms with Crippen molar-refractivity contribution < 1.29 is 47.8 Å². The highest BCUT2D eigenvalue weighted by Crippen LogP contribution is 2.43. The molecule has 0 aliphatic heterocycles. The number of amides is 1. The Morgan fingerprint density at radius 1 is 0.585 bits per heavy atom. The van der Waals surface area contributed by atoms with Crippen LogP contribution in [0.5, 0.6) is 0 Å². The van der Waals surface area contributed by atoms with Crippen LogP contribution in [0.25, 0.3) is 0 Å². The normalized spacial score (nSPS) is 13.9. The molecule has 0 spiro atoms. The van der Waals surface area contributed by atoms with Gasteiger partial charge in [0, 0.05) is 12.8 Å². The molecule has 0 saturated heterocycles. The fraction of sp³-hybridized carbons (Fsp3) is 0.878. The number of carbonyl (C=O) groups is 3. The van der Waals surface area contributed by atoms with E-state index in [1.54, 1.807) is 0 Å². The van der Waals surface area contributed by atoms with Crippen molar-refractivity contribution >= 4 is 25.7 Å². The first kappa shape index (κ1) is 51.2. The van der Waals surface area contributed by atoms with E-state index in [0.717, 1.165) is 44.9 Å². The number of aliphatic carboxylic acids is 1. The highest BCUT2D eigenvalue weighted by atomic mass is 31.2. The smallest absolute Gasteiger partial charge is 0.472 e. The van der Waals surface area contributed by atoms with E-state index in [-0.39, 0.29) is 12.8 Å². The highest BCUT2D eigenvalue weighted by molar-refractivity contribution is 7.47. The summed E-state index contributed by atoms with van der Waals surface area (Å²) >= 11 is 0. The van der Waals surface area contributed by atoms with E-state index >= 15 is 0 Å². The van der Waals surface area contributed by atoms with Crippen LogP contribution in [0.2, 0.25) is 0 Å². The molecular formula is C41H78NO10P. The molecule has 4 N–H and O–H groups in total. The number of aliphatic hydroxyl groups excluding tert-OH is 1. The molecule has 0 heterocycles. The second-order valence-corrected chi connectivity index (χ2v) is 16.0. The van der Waals surface area contributed by atoms with Gasteiger partial charge in [0.05, 0.1) is 13.2 Å². The molecule has 1 amide bonds. The van der Waals surface area contributed by atoms with E-state index < -0.39 is 57.6 Å². The van der Waals surface area contributed by atoms with Gasteiger partial charge in [0.1, 0.15) is 12.7 Å². The number of hydrogen-bond acceptors (Lipinski definition) is 8. The SMILES string of the molecule is CCCCCCCCC/C=C\CCCCCCCCCC(=O)OCC(O)COP(=O)(O)OCC(NC(=O)CCCCCCCCCCCCC)C(=O)O. The summed E-state index contributed by atoms with van der Waals surface area (Å²) in [7, 11) is -4.75. The predicted octanol–water partition coefficient (Wildman–Crippen LogP) is 10.5. The van der Waals surface area contributed by atoms with Crippen molar-refractivity contribution in [3.63, 3.8) is 0 Å². The van der Waals surface area contributed by atoms with Crippen LogP contribution in [0.1, 0.15) is 200 Å². The summed E-state index contributed by atoms with van der Waals surface area (Å²) in [6, 6.07) is -1.54. The molecule has 0 aromatic carbocycles. The van der Waals surface area contributed by atoms with Crippen LogP contribution in [0.4, 0.5) is 0 Å². The number of phosphoric acid groups is 1. The lowest BCUT2D eigenvalue weighted by molar-refractivity contribution is -0.147. The van der Waals surface area contributed by atoms with Gasteiger partial charge in [-0.05, 0) is 38.5 Å². The van der Waals surface area contributed by atoms with Crippen molar-refractivity contribution in [1.82, 2.24) is 5.32 Å². The number of ether oxygens (including phenoxy) is 1. The summed E-state index contributed by atoms with van der Waals surface area (Å²) in [5.74, 6) is -2.37. The van der Waals surface area contributed by atoms with Gasteiger partial charge in [-0.1, -0.05) is 161 Å². The minimum absolute atomic E-state index is 0.150. The van der Waals surface area contributed by atoms with Gasteiger partial charge in [0.15, 0.2) is 6.04 Å². The van der Waals surface area contributed by atoms with Gasteiger partial charge in [-0.2, -0.15) is 0 Å². The number of unbranched alkanes of at least 4 members (excludes halogenated alkanes) is 24. The van der Waals surface area contributed by atoms with Crippen LogP contribution in [0.3, 0.4) is 0 Å². The van der Waals surface area contributed by atoms with E-state index in [9.17, 15) is 34.1 Å². The van der Waals surface area contributed by atoms with Crippen LogP contribution < -0.4 is 5.32 Å². The first-order valence-electron chi connectivity index (χ1n) is 21.2. The maximum Gasteiger partial charge on any atom is 0.472 e. The fourth-order valence-electron chi connectivity index (χ4n) is 5.96. The third-order valence-electron chi connectivity index (χ3n) is 9.30. The average molecular weight is 776 g/mol. The van der Waals surface area contributed by atoms with Crippen LogP contribution in [-0.4, -0.2) is 64.9 Å². The summed E-state index contributed by atoms with van der Waals surface area (Å²) in [5, 5.41) is 21.8. The molecule has 0 aromatic heterocycles. The third kappa shape index (κ3) is 36.9. The van der Waals surface area contributed by atoms with Gasteiger partial charge in [0.2, 0.25) is 5.91 Å². The Hall–Kier alpha value is -1.78. The van der Waals surface area contributed by atoms with Crippen molar-refractivity contribution in [3.05, 3.63) is 12.2 Å². The van der Waals surface area contributed by atoms with Gasteiger partial charge in [-0.15, -0.1) is 0 Å². The van der Waals surface area contributed by atoms with Gasteiger partial charge in [0.25, 0.3) is 0 Å². The number of rotatable bonds is 40. The zero-order valence-electron chi connectivity index (χ0n) is 33.6. The van der Waals surface area contributed by atoms with Crippen LogP contribution in [0.15, 0.2) is 12.2 Å². The highest BCUT2D eigenvalue weighted by Gasteiger charge is 2.28. The Labute approximate surface area is 322 Å². The van der Waals surface area contributed by atoms with Crippen LogP contribution >= 0.6 is 7.82 Å². The van der Waals surface area contributed by atoms with E-state index in [1.165, 1.54) is 116 Å². The molecule has 3 unspecified atom stereocenters. The number of allylic oxidation sites excluding steroid dienone is 2. The summed E-state index contributed by atoms with van der Waals surface area (Å²) < 4.78 is 26.8. The monoisotopic (exact) mass is 776 g/mol. The van der Waals surface area contributed by atoms with Crippen molar-refractivity contribution in [3.8, 4) is 0 Å². The van der Waals surface area contributed by atoms with Gasteiger partial charge >= 0.3 is 19.8 Å². The number of carboxylic acid groups (broad SMARTS) is 1. The van der Waals surface area contributed by atoms with Gasteiger partial charge in [-0.25, -0.2) is 9.36 Å². The molecule has 0 aromatic rings. The number of aliphatic hydroxyl groups is 1. The molecule has 312 valence electrons. The molecule has 53 heavy (non-hydrogen) atoms.